The van der Waals surface area contributed by atoms with Crippen molar-refractivity contribution < 1.29 is 0 Å². The second-order valence-corrected chi connectivity index (χ2v) is 6.34. The summed E-state index contributed by atoms with van der Waals surface area (Å²) in [5.41, 5.74) is 0. The van der Waals surface area contributed by atoms with Gasteiger partial charge in [0.15, 0.2) is 0 Å². The summed E-state index contributed by atoms with van der Waals surface area (Å²) in [6.07, 6.45) is 5.39. The van der Waals surface area contributed by atoms with Crippen molar-refractivity contribution in [1.82, 2.24) is 15.1 Å². The van der Waals surface area contributed by atoms with Crippen LogP contribution in [-0.2, 0) is 0 Å². The lowest BCUT2D eigenvalue weighted by Crippen LogP contribution is -2.37. The minimum atomic E-state index is 0.769. The smallest absolute Gasteiger partial charge is 0.0220 e. The Morgan fingerprint density at radius 3 is 2.72 bits per heavy atom. The van der Waals surface area contributed by atoms with E-state index in [-0.39, 0.29) is 0 Å². The second-order valence-electron chi connectivity index (χ2n) is 6.34. The van der Waals surface area contributed by atoms with Crippen molar-refractivity contribution in [1.29, 1.82) is 0 Å². The maximum absolute atomic E-state index is 3.51. The van der Waals surface area contributed by atoms with Gasteiger partial charge in [-0.1, -0.05) is 13.8 Å². The second kappa shape index (κ2) is 8.89. The van der Waals surface area contributed by atoms with Crippen LogP contribution in [0.1, 0.15) is 39.5 Å². The van der Waals surface area contributed by atoms with E-state index in [0.29, 0.717) is 0 Å². The van der Waals surface area contributed by atoms with Crippen LogP contribution in [0.5, 0.6) is 0 Å². The number of hydrogen-bond donors (Lipinski definition) is 1. The lowest BCUT2D eigenvalue weighted by Gasteiger charge is -2.25. The number of likely N-dealkylation sites (N-methyl/N-ethyl adjacent to an activating group) is 2. The zero-order valence-electron chi connectivity index (χ0n) is 12.9. The van der Waals surface area contributed by atoms with Gasteiger partial charge in [0.05, 0.1) is 0 Å². The third-order valence-corrected chi connectivity index (χ3v) is 3.89. The molecule has 1 atom stereocenters. The molecule has 0 aromatic carbocycles. The van der Waals surface area contributed by atoms with Gasteiger partial charge in [0.25, 0.3) is 0 Å². The van der Waals surface area contributed by atoms with Gasteiger partial charge in [-0.15, -0.1) is 0 Å². The van der Waals surface area contributed by atoms with E-state index in [1.807, 2.05) is 0 Å². The first kappa shape index (κ1) is 15.9. The molecule has 0 aromatic heterocycles. The summed E-state index contributed by atoms with van der Waals surface area (Å²) in [5.74, 6) is 0.769. The maximum Gasteiger partial charge on any atom is 0.0220 e. The van der Waals surface area contributed by atoms with Crippen molar-refractivity contribution in [2.75, 3.05) is 46.8 Å². The maximum atomic E-state index is 3.51. The molecule has 0 radical (unpaired) electrons. The van der Waals surface area contributed by atoms with Crippen LogP contribution in [0.25, 0.3) is 0 Å². The molecular formula is C15H33N3. The van der Waals surface area contributed by atoms with E-state index in [0.717, 1.165) is 18.5 Å². The minimum absolute atomic E-state index is 0.769. The molecule has 0 spiro atoms. The third-order valence-electron chi connectivity index (χ3n) is 3.89. The van der Waals surface area contributed by atoms with Gasteiger partial charge in [0, 0.05) is 12.6 Å². The first-order valence-electron chi connectivity index (χ1n) is 7.69. The van der Waals surface area contributed by atoms with Gasteiger partial charge < -0.3 is 15.1 Å². The number of rotatable bonds is 9. The molecule has 1 heterocycles. The molecule has 1 N–H and O–H groups in total. The lowest BCUT2D eigenvalue weighted by atomic mass is 10.2. The van der Waals surface area contributed by atoms with E-state index >= 15 is 0 Å². The average Bonchev–Trinajstić information content (AvgIpc) is 2.69. The molecule has 1 aliphatic rings. The molecule has 1 fully saturated rings. The highest BCUT2D eigenvalue weighted by Crippen LogP contribution is 2.15. The van der Waals surface area contributed by atoms with Crippen LogP contribution in [0.15, 0.2) is 0 Å². The van der Waals surface area contributed by atoms with Crippen molar-refractivity contribution in [2.45, 2.75) is 45.6 Å². The Bertz CT molecular complexity index is 206. The Morgan fingerprint density at radius 2 is 2.11 bits per heavy atom. The standard InChI is InChI=1S/C15H33N3/c1-14(2)12-16-9-5-6-10-17(3)13-15-8-7-11-18(15)4/h14-16H,5-13H2,1-4H3. The van der Waals surface area contributed by atoms with Gasteiger partial charge in [-0.2, -0.15) is 0 Å². The summed E-state index contributed by atoms with van der Waals surface area (Å²) in [6.45, 7) is 10.6. The predicted octanol–water partition coefficient (Wildman–Crippen LogP) is 2.04. The van der Waals surface area contributed by atoms with Crippen LogP contribution < -0.4 is 5.32 Å². The number of nitrogens with zero attached hydrogens (tertiary/aromatic N) is 2. The zero-order valence-corrected chi connectivity index (χ0v) is 12.9. The highest BCUT2D eigenvalue weighted by molar-refractivity contribution is 4.78. The van der Waals surface area contributed by atoms with Crippen LogP contribution in [0.3, 0.4) is 0 Å². The van der Waals surface area contributed by atoms with E-state index in [1.165, 1.54) is 51.9 Å². The molecule has 18 heavy (non-hydrogen) atoms. The van der Waals surface area contributed by atoms with Crippen molar-refractivity contribution in [2.24, 2.45) is 5.92 Å². The van der Waals surface area contributed by atoms with Crippen LogP contribution in [0.4, 0.5) is 0 Å². The van der Waals surface area contributed by atoms with E-state index in [1.54, 1.807) is 0 Å². The van der Waals surface area contributed by atoms with Gasteiger partial charge in [-0.05, 0) is 71.9 Å². The quantitative estimate of drug-likeness (QED) is 0.636. The summed E-state index contributed by atoms with van der Waals surface area (Å²) in [7, 11) is 4.54. The van der Waals surface area contributed by atoms with Crippen LogP contribution >= 0.6 is 0 Å². The molecule has 0 aliphatic carbocycles. The molecule has 0 bridgehead atoms. The normalized spacial score (nSPS) is 21.3. The largest absolute Gasteiger partial charge is 0.316 e. The van der Waals surface area contributed by atoms with E-state index in [4.69, 9.17) is 0 Å². The van der Waals surface area contributed by atoms with Crippen molar-refractivity contribution in [3.8, 4) is 0 Å². The summed E-state index contributed by atoms with van der Waals surface area (Å²) >= 11 is 0. The average molecular weight is 255 g/mol. The number of likely N-dealkylation sites (tertiary alicyclic amines) is 1. The monoisotopic (exact) mass is 255 g/mol. The summed E-state index contributed by atoms with van der Waals surface area (Å²) in [5, 5.41) is 3.51. The molecule has 0 amide bonds. The topological polar surface area (TPSA) is 18.5 Å². The van der Waals surface area contributed by atoms with E-state index < -0.39 is 0 Å². The molecule has 1 saturated heterocycles. The molecule has 1 aliphatic heterocycles. The highest BCUT2D eigenvalue weighted by Gasteiger charge is 2.21. The van der Waals surface area contributed by atoms with E-state index in [2.05, 4.69) is 43.1 Å². The van der Waals surface area contributed by atoms with Gasteiger partial charge in [0.1, 0.15) is 0 Å². The Hall–Kier alpha value is -0.120. The van der Waals surface area contributed by atoms with Crippen molar-refractivity contribution in [3.63, 3.8) is 0 Å². The first-order chi connectivity index (χ1) is 8.59. The predicted molar refractivity (Wildman–Crippen MR) is 80.1 cm³/mol. The third kappa shape index (κ3) is 6.72. The van der Waals surface area contributed by atoms with Crippen molar-refractivity contribution >= 4 is 0 Å². The minimum Gasteiger partial charge on any atom is -0.316 e. The Labute approximate surface area is 114 Å². The molecule has 0 aromatic rings. The highest BCUT2D eigenvalue weighted by atomic mass is 15.2. The Morgan fingerprint density at radius 1 is 1.33 bits per heavy atom. The molecule has 1 unspecified atom stereocenters. The first-order valence-corrected chi connectivity index (χ1v) is 7.69. The Kier molecular flexibility index (Phi) is 7.87. The summed E-state index contributed by atoms with van der Waals surface area (Å²) in [6, 6.07) is 0.800. The van der Waals surface area contributed by atoms with Gasteiger partial charge in [0.2, 0.25) is 0 Å². The molecule has 0 saturated carbocycles. The van der Waals surface area contributed by atoms with Gasteiger partial charge in [-0.3, -0.25) is 0 Å². The molecular weight excluding hydrogens is 222 g/mol. The fraction of sp³-hybridized carbons (Fsp3) is 1.00. The van der Waals surface area contributed by atoms with Crippen LogP contribution in [0, 0.1) is 5.92 Å². The van der Waals surface area contributed by atoms with Gasteiger partial charge in [-0.25, -0.2) is 0 Å². The fourth-order valence-electron chi connectivity index (χ4n) is 2.68. The molecule has 3 nitrogen and oxygen atoms in total. The molecule has 1 rings (SSSR count). The summed E-state index contributed by atoms with van der Waals surface area (Å²) in [4.78, 5) is 5.02. The summed E-state index contributed by atoms with van der Waals surface area (Å²) < 4.78 is 0. The van der Waals surface area contributed by atoms with Crippen LogP contribution in [-0.4, -0.2) is 62.7 Å². The van der Waals surface area contributed by atoms with Crippen LogP contribution in [0.2, 0.25) is 0 Å². The SMILES string of the molecule is CC(C)CNCCCCN(C)CC1CCCN1C. The molecule has 3 heteroatoms. The number of unbranched alkanes of at least 4 members (excludes halogenated alkanes) is 1. The van der Waals surface area contributed by atoms with E-state index in [9.17, 15) is 0 Å². The lowest BCUT2D eigenvalue weighted by molar-refractivity contribution is 0.218. The Balaban J connectivity index is 1.95. The number of nitrogens with one attached hydrogen (secondary N) is 1. The van der Waals surface area contributed by atoms with Gasteiger partial charge >= 0.3 is 0 Å². The number of hydrogen-bond acceptors (Lipinski definition) is 3. The fourth-order valence-corrected chi connectivity index (χ4v) is 2.68. The molecule has 108 valence electrons. The zero-order chi connectivity index (χ0) is 13.4. The van der Waals surface area contributed by atoms with Crippen molar-refractivity contribution in [3.05, 3.63) is 0 Å².